The van der Waals surface area contributed by atoms with Gasteiger partial charge in [-0.1, -0.05) is 32.0 Å². The number of rotatable bonds is 0. The van der Waals surface area contributed by atoms with Crippen molar-refractivity contribution < 1.29 is 4.79 Å². The molecule has 0 aliphatic heterocycles. The number of fused-ring (bicyclic) bond motifs is 1. The van der Waals surface area contributed by atoms with Crippen molar-refractivity contribution in [3.63, 3.8) is 0 Å². The minimum atomic E-state index is -0.186. The van der Waals surface area contributed by atoms with Crippen molar-refractivity contribution in [2.45, 2.75) is 27.2 Å². The summed E-state index contributed by atoms with van der Waals surface area (Å²) in [6.07, 6.45) is 0.897. The molecule has 0 N–H and O–H groups in total. The predicted octanol–water partition coefficient (Wildman–Crippen LogP) is 2.76. The summed E-state index contributed by atoms with van der Waals surface area (Å²) in [5, 5.41) is 0. The number of benzene rings is 1. The molecule has 0 heterocycles. The van der Waals surface area contributed by atoms with E-state index in [1.54, 1.807) is 0 Å². The smallest absolute Gasteiger partial charge is 0.169 e. The van der Waals surface area contributed by atoms with Crippen LogP contribution in [0.5, 0.6) is 0 Å². The normalized spacial score (nSPS) is 18.8. The first-order chi connectivity index (χ1) is 6.02. The van der Waals surface area contributed by atoms with E-state index in [1.807, 2.05) is 26.0 Å². The number of hydrogen-bond acceptors (Lipinski definition) is 1. The molecule has 1 aromatic rings. The molecule has 0 radical (unpaired) electrons. The zero-order valence-electron chi connectivity index (χ0n) is 8.35. The zero-order chi connectivity index (χ0) is 9.64. The third kappa shape index (κ3) is 1.11. The van der Waals surface area contributed by atoms with Gasteiger partial charge in [0.2, 0.25) is 0 Å². The van der Waals surface area contributed by atoms with Crippen LogP contribution in [0.15, 0.2) is 18.2 Å². The first kappa shape index (κ1) is 8.49. The van der Waals surface area contributed by atoms with Gasteiger partial charge in [0.05, 0.1) is 0 Å². The van der Waals surface area contributed by atoms with Gasteiger partial charge >= 0.3 is 0 Å². The van der Waals surface area contributed by atoms with Gasteiger partial charge in [0.1, 0.15) is 0 Å². The monoisotopic (exact) mass is 174 g/mol. The van der Waals surface area contributed by atoms with E-state index in [2.05, 4.69) is 13.0 Å². The van der Waals surface area contributed by atoms with E-state index in [9.17, 15) is 4.79 Å². The van der Waals surface area contributed by atoms with Crippen molar-refractivity contribution in [2.75, 3.05) is 0 Å². The summed E-state index contributed by atoms with van der Waals surface area (Å²) in [6.45, 7) is 6.12. The molecule has 0 spiro atoms. The van der Waals surface area contributed by atoms with Gasteiger partial charge in [0.15, 0.2) is 5.78 Å². The Morgan fingerprint density at radius 1 is 1.31 bits per heavy atom. The highest BCUT2D eigenvalue weighted by Crippen LogP contribution is 2.37. The molecule has 1 aromatic carbocycles. The lowest BCUT2D eigenvalue weighted by Crippen LogP contribution is -2.18. The van der Waals surface area contributed by atoms with E-state index in [0.717, 1.165) is 12.0 Å². The fraction of sp³-hybridized carbons (Fsp3) is 0.417. The van der Waals surface area contributed by atoms with Gasteiger partial charge in [0.25, 0.3) is 0 Å². The third-order valence-electron chi connectivity index (χ3n) is 2.89. The average molecular weight is 174 g/mol. The quantitative estimate of drug-likeness (QED) is 0.591. The predicted molar refractivity (Wildman–Crippen MR) is 53.0 cm³/mol. The second-order valence-corrected chi connectivity index (χ2v) is 4.49. The lowest BCUT2D eigenvalue weighted by molar-refractivity contribution is 0.0863. The van der Waals surface area contributed by atoms with Crippen LogP contribution in [0.25, 0.3) is 0 Å². The SMILES string of the molecule is Cc1cccc2c1CC(C)(C)C2=O. The lowest BCUT2D eigenvalue weighted by Gasteiger charge is -2.13. The van der Waals surface area contributed by atoms with Gasteiger partial charge in [-0.3, -0.25) is 4.79 Å². The maximum absolute atomic E-state index is 11.9. The van der Waals surface area contributed by atoms with Gasteiger partial charge in [-0.05, 0) is 24.5 Å². The van der Waals surface area contributed by atoms with Crippen molar-refractivity contribution in [1.29, 1.82) is 0 Å². The second kappa shape index (κ2) is 2.44. The number of aryl methyl sites for hydroxylation is 1. The van der Waals surface area contributed by atoms with Crippen molar-refractivity contribution in [3.05, 3.63) is 34.9 Å². The van der Waals surface area contributed by atoms with Crippen molar-refractivity contribution in [3.8, 4) is 0 Å². The molecule has 0 atom stereocenters. The first-order valence-corrected chi connectivity index (χ1v) is 4.66. The second-order valence-electron chi connectivity index (χ2n) is 4.49. The van der Waals surface area contributed by atoms with E-state index in [4.69, 9.17) is 0 Å². The van der Waals surface area contributed by atoms with Gasteiger partial charge in [0, 0.05) is 11.0 Å². The fourth-order valence-electron chi connectivity index (χ4n) is 2.04. The fourth-order valence-corrected chi connectivity index (χ4v) is 2.04. The molecule has 68 valence electrons. The van der Waals surface area contributed by atoms with Crippen molar-refractivity contribution >= 4 is 5.78 Å². The molecular formula is C12H14O. The van der Waals surface area contributed by atoms with E-state index >= 15 is 0 Å². The highest BCUT2D eigenvalue weighted by atomic mass is 16.1. The molecule has 1 heteroatoms. The Bertz CT molecular complexity index is 375. The highest BCUT2D eigenvalue weighted by Gasteiger charge is 2.37. The van der Waals surface area contributed by atoms with Crippen LogP contribution in [0.2, 0.25) is 0 Å². The largest absolute Gasteiger partial charge is 0.294 e. The molecule has 0 aromatic heterocycles. The number of ketones is 1. The number of hydrogen-bond donors (Lipinski definition) is 0. The molecule has 0 amide bonds. The van der Waals surface area contributed by atoms with Crippen LogP contribution < -0.4 is 0 Å². The number of Topliss-reactive ketones (excluding diaryl/α,β-unsaturated/α-hetero) is 1. The summed E-state index contributed by atoms with van der Waals surface area (Å²) in [6, 6.07) is 5.99. The molecule has 0 unspecified atom stereocenters. The van der Waals surface area contributed by atoms with E-state index < -0.39 is 0 Å². The molecule has 0 fully saturated rings. The number of carbonyl (C=O) groups excluding carboxylic acids is 1. The van der Waals surface area contributed by atoms with Crippen LogP contribution in [0.4, 0.5) is 0 Å². The summed E-state index contributed by atoms with van der Waals surface area (Å²) in [5.74, 6) is 0.297. The summed E-state index contributed by atoms with van der Waals surface area (Å²) >= 11 is 0. The van der Waals surface area contributed by atoms with Crippen LogP contribution in [0.1, 0.15) is 35.3 Å². The van der Waals surface area contributed by atoms with Gasteiger partial charge in [-0.25, -0.2) is 0 Å². The molecular weight excluding hydrogens is 160 g/mol. The van der Waals surface area contributed by atoms with Gasteiger partial charge in [-0.15, -0.1) is 0 Å². The molecule has 0 saturated heterocycles. The summed E-state index contributed by atoms with van der Waals surface area (Å²) in [4.78, 5) is 11.9. The molecule has 1 nitrogen and oxygen atoms in total. The van der Waals surface area contributed by atoms with Gasteiger partial charge < -0.3 is 0 Å². The van der Waals surface area contributed by atoms with Crippen LogP contribution in [-0.4, -0.2) is 5.78 Å². The molecule has 0 saturated carbocycles. The Kier molecular flexibility index (Phi) is 1.59. The Morgan fingerprint density at radius 3 is 2.62 bits per heavy atom. The van der Waals surface area contributed by atoms with E-state index in [-0.39, 0.29) is 5.41 Å². The highest BCUT2D eigenvalue weighted by molar-refractivity contribution is 6.04. The van der Waals surface area contributed by atoms with Gasteiger partial charge in [-0.2, -0.15) is 0 Å². The molecule has 1 aliphatic carbocycles. The summed E-state index contributed by atoms with van der Waals surface area (Å²) in [7, 11) is 0. The average Bonchev–Trinajstić information content (AvgIpc) is 2.28. The summed E-state index contributed by atoms with van der Waals surface area (Å²) in [5.41, 5.74) is 3.24. The van der Waals surface area contributed by atoms with E-state index in [1.165, 1.54) is 11.1 Å². The van der Waals surface area contributed by atoms with Crippen LogP contribution in [-0.2, 0) is 6.42 Å². The summed E-state index contributed by atoms with van der Waals surface area (Å²) < 4.78 is 0. The minimum Gasteiger partial charge on any atom is -0.294 e. The Hall–Kier alpha value is -1.11. The Labute approximate surface area is 78.8 Å². The molecule has 13 heavy (non-hydrogen) atoms. The zero-order valence-corrected chi connectivity index (χ0v) is 8.35. The molecule has 2 rings (SSSR count). The molecule has 1 aliphatic rings. The Balaban J connectivity index is 2.63. The standard InChI is InChI=1S/C12H14O/c1-8-5-4-6-9-10(8)7-12(2,3)11(9)13/h4-6H,7H2,1-3H3. The van der Waals surface area contributed by atoms with E-state index in [0.29, 0.717) is 5.78 Å². The topological polar surface area (TPSA) is 17.1 Å². The number of carbonyl (C=O) groups is 1. The minimum absolute atomic E-state index is 0.186. The third-order valence-corrected chi connectivity index (χ3v) is 2.89. The maximum Gasteiger partial charge on any atom is 0.169 e. The van der Waals surface area contributed by atoms with Crippen LogP contribution >= 0.6 is 0 Å². The molecule has 0 bridgehead atoms. The Morgan fingerprint density at radius 2 is 2.00 bits per heavy atom. The van der Waals surface area contributed by atoms with Crippen LogP contribution in [0, 0.1) is 12.3 Å². The lowest BCUT2D eigenvalue weighted by atomic mass is 9.89. The first-order valence-electron chi connectivity index (χ1n) is 4.66. The van der Waals surface area contributed by atoms with Crippen molar-refractivity contribution in [2.24, 2.45) is 5.41 Å². The van der Waals surface area contributed by atoms with Crippen molar-refractivity contribution in [1.82, 2.24) is 0 Å². The maximum atomic E-state index is 11.9. The van der Waals surface area contributed by atoms with Crippen LogP contribution in [0.3, 0.4) is 0 Å².